The highest BCUT2D eigenvalue weighted by molar-refractivity contribution is 5.97. The van der Waals surface area contributed by atoms with Crippen LogP contribution in [-0.4, -0.2) is 39.2 Å². The second-order valence-electron chi connectivity index (χ2n) is 5.45. The first-order valence-electron chi connectivity index (χ1n) is 8.04. The molecule has 0 aliphatic carbocycles. The maximum Gasteiger partial charge on any atom is 0.255 e. The molecule has 26 heavy (non-hydrogen) atoms. The van der Waals surface area contributed by atoms with Crippen molar-refractivity contribution in [2.24, 2.45) is 5.73 Å². The number of hydrogen-bond acceptors (Lipinski definition) is 5. The first-order valence-corrected chi connectivity index (χ1v) is 8.04. The number of nitrogens with two attached hydrogens (primary N) is 1. The van der Waals surface area contributed by atoms with Gasteiger partial charge in [-0.3, -0.25) is 9.59 Å². The van der Waals surface area contributed by atoms with Gasteiger partial charge >= 0.3 is 0 Å². The Labute approximate surface area is 152 Å². The second-order valence-corrected chi connectivity index (χ2v) is 5.45. The molecule has 7 heteroatoms. The summed E-state index contributed by atoms with van der Waals surface area (Å²) in [4.78, 5) is 23.2. The van der Waals surface area contributed by atoms with Crippen LogP contribution in [0.15, 0.2) is 42.5 Å². The van der Waals surface area contributed by atoms with Crippen molar-refractivity contribution in [3.05, 3.63) is 53.6 Å². The van der Waals surface area contributed by atoms with Gasteiger partial charge in [-0.2, -0.15) is 0 Å². The molecule has 0 bridgehead atoms. The predicted molar refractivity (Wildman–Crippen MR) is 96.7 cm³/mol. The van der Waals surface area contributed by atoms with E-state index in [2.05, 4.69) is 5.32 Å². The van der Waals surface area contributed by atoms with Gasteiger partial charge in [0.05, 0.1) is 19.8 Å². The third kappa shape index (κ3) is 5.14. The lowest BCUT2D eigenvalue weighted by atomic mass is 10.1. The molecular formula is C19H22N2O5. The zero-order valence-electron chi connectivity index (χ0n) is 14.8. The summed E-state index contributed by atoms with van der Waals surface area (Å²) in [5, 5.41) is 2.83. The third-order valence-corrected chi connectivity index (χ3v) is 3.65. The van der Waals surface area contributed by atoms with Crippen molar-refractivity contribution >= 4 is 11.8 Å². The Morgan fingerprint density at radius 2 is 1.73 bits per heavy atom. The fraction of sp³-hybridized carbons (Fsp3) is 0.263. The minimum atomic E-state index is -0.603. The molecule has 138 valence electrons. The number of rotatable bonds is 9. The normalized spacial score (nSPS) is 10.1. The van der Waals surface area contributed by atoms with Crippen LogP contribution in [-0.2, 0) is 11.2 Å². The number of benzene rings is 2. The maximum atomic E-state index is 12.4. The Morgan fingerprint density at radius 3 is 2.42 bits per heavy atom. The molecule has 0 radical (unpaired) electrons. The van der Waals surface area contributed by atoms with E-state index in [1.807, 2.05) is 18.2 Å². The zero-order chi connectivity index (χ0) is 18.9. The number of hydrogen-bond donors (Lipinski definition) is 2. The molecule has 0 aliphatic rings. The molecule has 0 aliphatic heterocycles. The molecule has 0 spiro atoms. The molecule has 0 fully saturated rings. The van der Waals surface area contributed by atoms with Gasteiger partial charge in [0.2, 0.25) is 0 Å². The highest BCUT2D eigenvalue weighted by atomic mass is 16.5. The molecule has 0 unspecified atom stereocenters. The predicted octanol–water partition coefficient (Wildman–Crippen LogP) is 1.54. The van der Waals surface area contributed by atoms with Gasteiger partial charge in [-0.1, -0.05) is 18.2 Å². The number of methoxy groups -OCH3 is 2. The van der Waals surface area contributed by atoms with Crippen LogP contribution >= 0.6 is 0 Å². The first-order chi connectivity index (χ1) is 12.5. The molecule has 0 atom stereocenters. The summed E-state index contributed by atoms with van der Waals surface area (Å²) in [5.41, 5.74) is 6.42. The van der Waals surface area contributed by atoms with Crippen LogP contribution in [0.3, 0.4) is 0 Å². The molecular weight excluding hydrogens is 336 g/mol. The van der Waals surface area contributed by atoms with E-state index in [1.165, 1.54) is 0 Å². The van der Waals surface area contributed by atoms with Gasteiger partial charge in [-0.15, -0.1) is 0 Å². The molecule has 2 amide bonds. The molecule has 3 N–H and O–H groups in total. The molecule has 2 aromatic rings. The fourth-order valence-electron chi connectivity index (χ4n) is 2.38. The van der Waals surface area contributed by atoms with E-state index in [9.17, 15) is 9.59 Å². The monoisotopic (exact) mass is 358 g/mol. The number of carbonyl (C=O) groups excluding carboxylic acids is 2. The van der Waals surface area contributed by atoms with E-state index < -0.39 is 5.91 Å². The molecule has 0 aromatic heterocycles. The largest absolute Gasteiger partial charge is 0.493 e. The summed E-state index contributed by atoms with van der Waals surface area (Å²) in [5.74, 6) is 0.719. The second kappa shape index (κ2) is 9.31. The lowest BCUT2D eigenvalue weighted by Crippen LogP contribution is -2.27. The molecule has 0 saturated heterocycles. The number of amides is 2. The van der Waals surface area contributed by atoms with Crippen molar-refractivity contribution in [3.63, 3.8) is 0 Å². The Balaban J connectivity index is 1.96. The van der Waals surface area contributed by atoms with Crippen LogP contribution in [0, 0.1) is 0 Å². The Morgan fingerprint density at radius 1 is 1.00 bits per heavy atom. The lowest BCUT2D eigenvalue weighted by molar-refractivity contribution is -0.119. The SMILES string of the molecule is COc1ccc(CCNC(=O)c2ccccc2OCC(N)=O)cc1OC. The summed E-state index contributed by atoms with van der Waals surface area (Å²) >= 11 is 0. The van der Waals surface area contributed by atoms with Gasteiger partial charge in [-0.05, 0) is 36.2 Å². The van der Waals surface area contributed by atoms with Crippen LogP contribution in [0.25, 0.3) is 0 Å². The number of ether oxygens (including phenoxy) is 3. The summed E-state index contributed by atoms with van der Waals surface area (Å²) in [6, 6.07) is 12.3. The highest BCUT2D eigenvalue weighted by Gasteiger charge is 2.12. The zero-order valence-corrected chi connectivity index (χ0v) is 14.8. The van der Waals surface area contributed by atoms with Crippen molar-refractivity contribution in [2.75, 3.05) is 27.4 Å². The van der Waals surface area contributed by atoms with Gasteiger partial charge in [0, 0.05) is 6.54 Å². The van der Waals surface area contributed by atoms with Gasteiger partial charge in [0.15, 0.2) is 18.1 Å². The number of para-hydroxylation sites is 1. The van der Waals surface area contributed by atoms with Crippen LogP contribution in [0.4, 0.5) is 0 Å². The van der Waals surface area contributed by atoms with Crippen molar-refractivity contribution < 1.29 is 23.8 Å². The average Bonchev–Trinajstić information content (AvgIpc) is 2.66. The minimum absolute atomic E-state index is 0.282. The van der Waals surface area contributed by atoms with Crippen LogP contribution < -0.4 is 25.3 Å². The Bertz CT molecular complexity index is 776. The summed E-state index contributed by atoms with van der Waals surface area (Å²) in [6.07, 6.45) is 0.621. The topological polar surface area (TPSA) is 99.9 Å². The highest BCUT2D eigenvalue weighted by Crippen LogP contribution is 2.27. The molecule has 0 saturated carbocycles. The fourth-order valence-corrected chi connectivity index (χ4v) is 2.38. The summed E-state index contributed by atoms with van der Waals surface area (Å²) < 4.78 is 15.7. The van der Waals surface area contributed by atoms with Crippen molar-refractivity contribution in [1.82, 2.24) is 5.32 Å². The lowest BCUT2D eigenvalue weighted by Gasteiger charge is -2.12. The molecule has 2 aromatic carbocycles. The van der Waals surface area contributed by atoms with Gasteiger partial charge in [-0.25, -0.2) is 0 Å². The van der Waals surface area contributed by atoms with E-state index >= 15 is 0 Å². The molecule has 0 heterocycles. The maximum absolute atomic E-state index is 12.4. The number of carbonyl (C=O) groups is 2. The van der Waals surface area contributed by atoms with Gasteiger partial charge in [0.25, 0.3) is 11.8 Å². The van der Waals surface area contributed by atoms with Gasteiger partial charge in [0.1, 0.15) is 5.75 Å². The van der Waals surface area contributed by atoms with E-state index in [0.29, 0.717) is 35.8 Å². The molecule has 7 nitrogen and oxygen atoms in total. The number of primary amides is 1. The average molecular weight is 358 g/mol. The third-order valence-electron chi connectivity index (χ3n) is 3.65. The summed E-state index contributed by atoms with van der Waals surface area (Å²) in [6.45, 7) is 0.147. The standard InChI is InChI=1S/C19H22N2O5/c1-24-16-8-7-13(11-17(16)25-2)9-10-21-19(23)14-5-3-4-6-15(14)26-12-18(20)22/h3-8,11H,9-10,12H2,1-2H3,(H2,20,22)(H,21,23). The van der Waals surface area contributed by atoms with E-state index in [-0.39, 0.29) is 12.5 Å². The molecule has 2 rings (SSSR count). The van der Waals surface area contributed by atoms with E-state index in [0.717, 1.165) is 5.56 Å². The van der Waals surface area contributed by atoms with Crippen molar-refractivity contribution in [2.45, 2.75) is 6.42 Å². The quantitative estimate of drug-likeness (QED) is 0.708. The summed E-state index contributed by atoms with van der Waals surface area (Å²) in [7, 11) is 3.15. The Kier molecular flexibility index (Phi) is 6.84. The van der Waals surface area contributed by atoms with Crippen molar-refractivity contribution in [1.29, 1.82) is 0 Å². The van der Waals surface area contributed by atoms with E-state index in [1.54, 1.807) is 38.5 Å². The van der Waals surface area contributed by atoms with Crippen LogP contribution in [0.5, 0.6) is 17.2 Å². The first kappa shape index (κ1) is 19.1. The van der Waals surface area contributed by atoms with Crippen molar-refractivity contribution in [3.8, 4) is 17.2 Å². The smallest absolute Gasteiger partial charge is 0.255 e. The minimum Gasteiger partial charge on any atom is -0.493 e. The van der Waals surface area contributed by atoms with E-state index in [4.69, 9.17) is 19.9 Å². The Hall–Kier alpha value is -3.22. The number of nitrogens with one attached hydrogen (secondary N) is 1. The van der Waals surface area contributed by atoms with Crippen LogP contribution in [0.2, 0.25) is 0 Å². The van der Waals surface area contributed by atoms with Gasteiger partial charge < -0.3 is 25.3 Å². The van der Waals surface area contributed by atoms with Crippen LogP contribution in [0.1, 0.15) is 15.9 Å².